The average Bonchev–Trinajstić information content (AvgIpc) is 2.18. The average molecular weight is 260 g/mol. The van der Waals surface area contributed by atoms with Gasteiger partial charge in [-0.1, -0.05) is 22.0 Å². The van der Waals surface area contributed by atoms with Gasteiger partial charge >= 0.3 is 0 Å². The molecule has 1 amide bonds. The molecule has 0 unspecified atom stereocenters. The maximum absolute atomic E-state index is 11.4. The zero-order chi connectivity index (χ0) is 10.4. The van der Waals surface area contributed by atoms with E-state index >= 15 is 0 Å². The van der Waals surface area contributed by atoms with Gasteiger partial charge in [-0.2, -0.15) is 0 Å². The van der Waals surface area contributed by atoms with Crippen LogP contribution in [0.3, 0.4) is 0 Å². The molecular formula is C9H10BrNO3. The molecule has 0 atom stereocenters. The Bertz CT molecular complexity index is 317. The fourth-order valence-electron chi connectivity index (χ4n) is 0.843. The van der Waals surface area contributed by atoms with E-state index < -0.39 is 0 Å². The first-order valence-corrected chi connectivity index (χ1v) is 4.70. The number of benzene rings is 1. The molecule has 0 aromatic heterocycles. The summed E-state index contributed by atoms with van der Waals surface area (Å²) in [5, 5.41) is 0. The van der Waals surface area contributed by atoms with Gasteiger partial charge in [0.2, 0.25) is 0 Å². The van der Waals surface area contributed by atoms with Crippen LogP contribution in [0, 0.1) is 0 Å². The first kappa shape index (κ1) is 11.2. The van der Waals surface area contributed by atoms with Gasteiger partial charge in [0.25, 0.3) is 5.91 Å². The van der Waals surface area contributed by atoms with E-state index in [1.807, 2.05) is 6.07 Å². The summed E-state index contributed by atoms with van der Waals surface area (Å²) in [5.41, 5.74) is 2.77. The van der Waals surface area contributed by atoms with Gasteiger partial charge in [-0.25, -0.2) is 10.3 Å². The SMILES string of the molecule is COCONC(=O)c1cccc(Br)c1. The number of carbonyl (C=O) groups excluding carboxylic acids is 1. The van der Waals surface area contributed by atoms with Crippen LogP contribution in [-0.4, -0.2) is 19.8 Å². The zero-order valence-corrected chi connectivity index (χ0v) is 9.21. The van der Waals surface area contributed by atoms with Crippen LogP contribution in [0.2, 0.25) is 0 Å². The van der Waals surface area contributed by atoms with Crippen LogP contribution >= 0.6 is 15.9 Å². The largest absolute Gasteiger partial charge is 0.356 e. The van der Waals surface area contributed by atoms with E-state index in [-0.39, 0.29) is 12.7 Å². The quantitative estimate of drug-likeness (QED) is 0.509. The van der Waals surface area contributed by atoms with Gasteiger partial charge in [0.1, 0.15) is 0 Å². The Hall–Kier alpha value is -0.910. The third-order valence-corrected chi connectivity index (χ3v) is 1.92. The summed E-state index contributed by atoms with van der Waals surface area (Å²) in [4.78, 5) is 16.1. The second-order valence-electron chi connectivity index (χ2n) is 2.49. The zero-order valence-electron chi connectivity index (χ0n) is 7.62. The third-order valence-electron chi connectivity index (χ3n) is 1.43. The van der Waals surface area contributed by atoms with Crippen LogP contribution in [0.1, 0.15) is 10.4 Å². The van der Waals surface area contributed by atoms with Gasteiger partial charge in [0, 0.05) is 17.1 Å². The molecule has 0 spiro atoms. The highest BCUT2D eigenvalue weighted by atomic mass is 79.9. The van der Waals surface area contributed by atoms with Crippen molar-refractivity contribution in [2.75, 3.05) is 13.9 Å². The molecule has 4 nitrogen and oxygen atoms in total. The van der Waals surface area contributed by atoms with Gasteiger partial charge in [0.05, 0.1) is 0 Å². The van der Waals surface area contributed by atoms with Crippen LogP contribution in [0.25, 0.3) is 0 Å². The summed E-state index contributed by atoms with van der Waals surface area (Å²) in [6, 6.07) is 7.00. The summed E-state index contributed by atoms with van der Waals surface area (Å²) >= 11 is 3.27. The lowest BCUT2D eigenvalue weighted by Crippen LogP contribution is -2.24. The van der Waals surface area contributed by atoms with E-state index in [1.54, 1.807) is 18.2 Å². The van der Waals surface area contributed by atoms with Crippen molar-refractivity contribution in [3.8, 4) is 0 Å². The normalized spacial score (nSPS) is 9.86. The van der Waals surface area contributed by atoms with Crippen molar-refractivity contribution in [2.45, 2.75) is 0 Å². The van der Waals surface area contributed by atoms with E-state index in [0.29, 0.717) is 5.56 Å². The number of carbonyl (C=O) groups is 1. The lowest BCUT2D eigenvalue weighted by molar-refractivity contribution is -0.0704. The van der Waals surface area contributed by atoms with Crippen LogP contribution < -0.4 is 5.48 Å². The highest BCUT2D eigenvalue weighted by Gasteiger charge is 2.04. The minimum atomic E-state index is -0.302. The van der Waals surface area contributed by atoms with E-state index in [0.717, 1.165) is 4.47 Å². The summed E-state index contributed by atoms with van der Waals surface area (Å²) in [7, 11) is 1.48. The molecule has 1 N–H and O–H groups in total. The second kappa shape index (κ2) is 5.74. The molecule has 1 rings (SSSR count). The second-order valence-corrected chi connectivity index (χ2v) is 3.41. The van der Waals surface area contributed by atoms with Crippen molar-refractivity contribution < 1.29 is 14.4 Å². The third kappa shape index (κ3) is 3.45. The molecule has 0 aliphatic rings. The first-order chi connectivity index (χ1) is 6.74. The number of hydrogen-bond donors (Lipinski definition) is 1. The summed E-state index contributed by atoms with van der Waals surface area (Å²) < 4.78 is 5.45. The number of halogens is 1. The Morgan fingerprint density at radius 1 is 1.57 bits per heavy atom. The van der Waals surface area contributed by atoms with E-state index in [1.165, 1.54) is 7.11 Å². The maximum atomic E-state index is 11.4. The molecule has 0 radical (unpaired) electrons. The van der Waals surface area contributed by atoms with Crippen molar-refractivity contribution >= 4 is 21.8 Å². The topological polar surface area (TPSA) is 47.6 Å². The predicted molar refractivity (Wildman–Crippen MR) is 54.6 cm³/mol. The predicted octanol–water partition coefficient (Wildman–Crippen LogP) is 1.71. The van der Waals surface area contributed by atoms with Crippen molar-refractivity contribution in [3.05, 3.63) is 34.3 Å². The maximum Gasteiger partial charge on any atom is 0.274 e. The molecule has 1 aromatic rings. The summed E-state index contributed by atoms with van der Waals surface area (Å²) in [6.07, 6.45) is 0. The molecule has 0 bridgehead atoms. The van der Waals surface area contributed by atoms with Gasteiger partial charge in [-0.3, -0.25) is 4.79 Å². The molecule has 0 aliphatic carbocycles. The number of hydrogen-bond acceptors (Lipinski definition) is 3. The van der Waals surface area contributed by atoms with Crippen LogP contribution in [0.5, 0.6) is 0 Å². The highest BCUT2D eigenvalue weighted by molar-refractivity contribution is 9.10. The molecule has 14 heavy (non-hydrogen) atoms. The van der Waals surface area contributed by atoms with E-state index in [9.17, 15) is 4.79 Å². The number of nitrogens with one attached hydrogen (secondary N) is 1. The Kier molecular flexibility index (Phi) is 4.58. The lowest BCUT2D eigenvalue weighted by Gasteiger charge is -2.04. The van der Waals surface area contributed by atoms with E-state index in [4.69, 9.17) is 4.84 Å². The fourth-order valence-corrected chi connectivity index (χ4v) is 1.24. The van der Waals surface area contributed by atoms with E-state index in [2.05, 4.69) is 26.1 Å². The standard InChI is InChI=1S/C9H10BrNO3/c1-13-6-14-11-9(12)7-3-2-4-8(10)5-7/h2-5H,6H2,1H3,(H,11,12). The molecular weight excluding hydrogens is 250 g/mol. The van der Waals surface area contributed by atoms with Crippen molar-refractivity contribution in [1.82, 2.24) is 5.48 Å². The number of methoxy groups -OCH3 is 1. The Morgan fingerprint density at radius 2 is 2.36 bits per heavy atom. The van der Waals surface area contributed by atoms with Crippen molar-refractivity contribution in [3.63, 3.8) is 0 Å². The summed E-state index contributed by atoms with van der Waals surface area (Å²) in [6.45, 7) is 0.0275. The molecule has 0 saturated heterocycles. The first-order valence-electron chi connectivity index (χ1n) is 3.90. The lowest BCUT2D eigenvalue weighted by atomic mass is 10.2. The fraction of sp³-hybridized carbons (Fsp3) is 0.222. The van der Waals surface area contributed by atoms with Gasteiger partial charge < -0.3 is 4.74 Å². The van der Waals surface area contributed by atoms with Gasteiger partial charge in [-0.15, -0.1) is 0 Å². The molecule has 5 heteroatoms. The van der Waals surface area contributed by atoms with Crippen LogP contribution in [-0.2, 0) is 9.57 Å². The Labute approximate surface area is 90.3 Å². The molecule has 76 valence electrons. The minimum Gasteiger partial charge on any atom is -0.356 e. The number of rotatable bonds is 4. The van der Waals surface area contributed by atoms with Crippen molar-refractivity contribution in [1.29, 1.82) is 0 Å². The number of amides is 1. The van der Waals surface area contributed by atoms with Gasteiger partial charge in [0.15, 0.2) is 6.79 Å². The smallest absolute Gasteiger partial charge is 0.274 e. The molecule has 1 aromatic carbocycles. The van der Waals surface area contributed by atoms with Gasteiger partial charge in [-0.05, 0) is 18.2 Å². The number of hydroxylamine groups is 1. The Morgan fingerprint density at radius 3 is 3.00 bits per heavy atom. The van der Waals surface area contributed by atoms with Crippen molar-refractivity contribution in [2.24, 2.45) is 0 Å². The molecule has 0 saturated carbocycles. The highest BCUT2D eigenvalue weighted by Crippen LogP contribution is 2.11. The Balaban J connectivity index is 2.52. The molecule has 0 aliphatic heterocycles. The van der Waals surface area contributed by atoms with Crippen LogP contribution in [0.15, 0.2) is 28.7 Å². The summed E-state index contributed by atoms with van der Waals surface area (Å²) in [5.74, 6) is -0.302. The van der Waals surface area contributed by atoms with Crippen LogP contribution in [0.4, 0.5) is 0 Å². The molecule has 0 fully saturated rings. The number of ether oxygens (including phenoxy) is 1. The molecule has 0 heterocycles. The minimum absolute atomic E-state index is 0.0275. The monoisotopic (exact) mass is 259 g/mol.